The molecule has 1 rings (SSSR count). The summed E-state index contributed by atoms with van der Waals surface area (Å²) in [6.45, 7) is 6.68. The smallest absolute Gasteiger partial charge is 0.241 e. The van der Waals surface area contributed by atoms with Gasteiger partial charge in [0.2, 0.25) is 5.91 Å². The minimum Gasteiger partial charge on any atom is -0.397 e. The van der Waals surface area contributed by atoms with E-state index < -0.39 is 0 Å². The third kappa shape index (κ3) is 5.19. The zero-order valence-corrected chi connectivity index (χ0v) is 13.5. The van der Waals surface area contributed by atoms with Crippen molar-refractivity contribution in [1.29, 1.82) is 0 Å². The van der Waals surface area contributed by atoms with Crippen molar-refractivity contribution in [2.45, 2.75) is 39.3 Å². The molecule has 0 radical (unpaired) electrons. The van der Waals surface area contributed by atoms with Crippen molar-refractivity contribution >= 4 is 28.9 Å². The molecule has 0 aliphatic carbocycles. The number of halogens is 1. The molecule has 0 bridgehead atoms. The van der Waals surface area contributed by atoms with E-state index in [1.165, 1.54) is 0 Å². The Morgan fingerprint density at radius 3 is 2.62 bits per heavy atom. The Kier molecular flexibility index (Phi) is 6.95. The van der Waals surface area contributed by atoms with Gasteiger partial charge in [-0.25, -0.2) is 0 Å². The van der Waals surface area contributed by atoms with E-state index in [1.807, 2.05) is 25.7 Å². The molecule has 0 fully saturated rings. The summed E-state index contributed by atoms with van der Waals surface area (Å²) in [5, 5.41) is 12.3. The molecular formula is C15H24ClN3O2. The van der Waals surface area contributed by atoms with E-state index in [-0.39, 0.29) is 24.6 Å². The highest BCUT2D eigenvalue weighted by molar-refractivity contribution is 6.31. The van der Waals surface area contributed by atoms with Gasteiger partial charge >= 0.3 is 0 Å². The van der Waals surface area contributed by atoms with Crippen LogP contribution in [-0.4, -0.2) is 41.1 Å². The number of hydrogen-bond donors (Lipinski definition) is 3. The molecule has 118 valence electrons. The van der Waals surface area contributed by atoms with Crippen LogP contribution in [0.5, 0.6) is 0 Å². The zero-order valence-electron chi connectivity index (χ0n) is 12.8. The second kappa shape index (κ2) is 8.22. The number of nitrogen functional groups attached to an aromatic ring is 1. The van der Waals surface area contributed by atoms with Crippen LogP contribution in [0.25, 0.3) is 0 Å². The van der Waals surface area contributed by atoms with Crippen molar-refractivity contribution in [3.05, 3.63) is 23.2 Å². The minimum absolute atomic E-state index is 0.113. The minimum atomic E-state index is -0.313. The lowest BCUT2D eigenvalue weighted by molar-refractivity contribution is -0.121. The first kappa shape index (κ1) is 17.8. The molecule has 0 saturated carbocycles. The highest BCUT2D eigenvalue weighted by Gasteiger charge is 2.23. The second-order valence-electron chi connectivity index (χ2n) is 5.31. The molecule has 1 amide bonds. The number of hydrogen-bond acceptors (Lipinski definition) is 4. The lowest BCUT2D eigenvalue weighted by Gasteiger charge is -2.31. The molecular weight excluding hydrogens is 290 g/mol. The van der Waals surface area contributed by atoms with Crippen molar-refractivity contribution in [3.8, 4) is 0 Å². The number of anilines is 2. The number of benzene rings is 1. The molecule has 1 aromatic rings. The van der Waals surface area contributed by atoms with Crippen LogP contribution in [0.1, 0.15) is 27.2 Å². The van der Waals surface area contributed by atoms with Gasteiger partial charge in [-0.3, -0.25) is 9.69 Å². The maximum atomic E-state index is 12.4. The van der Waals surface area contributed by atoms with Crippen molar-refractivity contribution in [2.24, 2.45) is 0 Å². The van der Waals surface area contributed by atoms with Crippen molar-refractivity contribution < 1.29 is 9.90 Å². The average Bonchev–Trinajstić information content (AvgIpc) is 2.41. The van der Waals surface area contributed by atoms with E-state index in [9.17, 15) is 4.79 Å². The predicted molar refractivity (Wildman–Crippen MR) is 87.5 cm³/mol. The largest absolute Gasteiger partial charge is 0.397 e. The summed E-state index contributed by atoms with van der Waals surface area (Å²) in [4.78, 5) is 14.4. The van der Waals surface area contributed by atoms with Crippen molar-refractivity contribution in [3.63, 3.8) is 0 Å². The lowest BCUT2D eigenvalue weighted by Crippen LogP contribution is -2.46. The molecule has 0 spiro atoms. The van der Waals surface area contributed by atoms with Crippen LogP contribution in [0.3, 0.4) is 0 Å². The zero-order chi connectivity index (χ0) is 16.0. The first-order valence-electron chi connectivity index (χ1n) is 7.09. The first-order chi connectivity index (χ1) is 9.86. The fourth-order valence-electron chi connectivity index (χ4n) is 2.19. The van der Waals surface area contributed by atoms with E-state index in [2.05, 4.69) is 5.32 Å². The van der Waals surface area contributed by atoms with Crippen LogP contribution in [0.4, 0.5) is 11.4 Å². The highest BCUT2D eigenvalue weighted by Crippen LogP contribution is 2.23. The number of nitrogens with two attached hydrogens (primary N) is 1. The Bertz CT molecular complexity index is 480. The Morgan fingerprint density at radius 2 is 2.10 bits per heavy atom. The molecule has 0 heterocycles. The summed E-state index contributed by atoms with van der Waals surface area (Å²) in [7, 11) is 0. The number of carbonyl (C=O) groups is 1. The molecule has 0 aliphatic rings. The number of aliphatic hydroxyl groups excluding tert-OH is 1. The highest BCUT2D eigenvalue weighted by atomic mass is 35.5. The van der Waals surface area contributed by atoms with E-state index in [1.54, 1.807) is 18.2 Å². The quantitative estimate of drug-likeness (QED) is 0.675. The molecule has 4 N–H and O–H groups in total. The van der Waals surface area contributed by atoms with Crippen LogP contribution >= 0.6 is 11.6 Å². The molecule has 0 aromatic heterocycles. The summed E-state index contributed by atoms with van der Waals surface area (Å²) in [5.41, 5.74) is 6.84. The average molecular weight is 314 g/mol. The van der Waals surface area contributed by atoms with Gasteiger partial charge in [-0.1, -0.05) is 11.6 Å². The van der Waals surface area contributed by atoms with Gasteiger partial charge in [-0.05, 0) is 45.4 Å². The van der Waals surface area contributed by atoms with Gasteiger partial charge < -0.3 is 16.2 Å². The number of carbonyl (C=O) groups excluding carboxylic acids is 1. The molecule has 21 heavy (non-hydrogen) atoms. The van der Waals surface area contributed by atoms with Crippen LogP contribution in [-0.2, 0) is 4.79 Å². The summed E-state index contributed by atoms with van der Waals surface area (Å²) in [6, 6.07) is 4.87. The molecule has 1 unspecified atom stereocenters. The van der Waals surface area contributed by atoms with E-state index in [4.69, 9.17) is 22.4 Å². The fraction of sp³-hybridized carbons (Fsp3) is 0.533. The molecule has 6 heteroatoms. The number of nitrogens with one attached hydrogen (secondary N) is 1. The third-order valence-electron chi connectivity index (χ3n) is 3.39. The van der Waals surface area contributed by atoms with Gasteiger partial charge in [-0.2, -0.15) is 0 Å². The third-order valence-corrected chi connectivity index (χ3v) is 3.62. The SMILES string of the molecule is CC(C)N(CCCO)C(C)C(=O)Nc1ccc(Cl)cc1N. The molecule has 1 aromatic carbocycles. The van der Waals surface area contributed by atoms with E-state index in [0.29, 0.717) is 29.4 Å². The number of rotatable bonds is 7. The van der Waals surface area contributed by atoms with Gasteiger partial charge in [0, 0.05) is 24.2 Å². The first-order valence-corrected chi connectivity index (χ1v) is 7.47. The van der Waals surface area contributed by atoms with Crippen LogP contribution in [0, 0.1) is 0 Å². The molecule has 1 atom stereocenters. The Hall–Kier alpha value is -1.30. The van der Waals surface area contributed by atoms with Crippen molar-refractivity contribution in [1.82, 2.24) is 4.90 Å². The molecule has 5 nitrogen and oxygen atoms in total. The van der Waals surface area contributed by atoms with Gasteiger partial charge in [0.1, 0.15) is 0 Å². The van der Waals surface area contributed by atoms with E-state index >= 15 is 0 Å². The summed E-state index contributed by atoms with van der Waals surface area (Å²) < 4.78 is 0. The fourth-order valence-corrected chi connectivity index (χ4v) is 2.37. The number of nitrogens with zero attached hydrogens (tertiary/aromatic N) is 1. The maximum absolute atomic E-state index is 12.4. The summed E-state index contributed by atoms with van der Waals surface area (Å²) in [5.74, 6) is -0.129. The molecule has 0 saturated heterocycles. The monoisotopic (exact) mass is 313 g/mol. The van der Waals surface area contributed by atoms with Gasteiger partial charge in [0.05, 0.1) is 17.4 Å². The predicted octanol–water partition coefficient (Wildman–Crippen LogP) is 2.34. The van der Waals surface area contributed by atoms with Crippen molar-refractivity contribution in [2.75, 3.05) is 24.2 Å². The Morgan fingerprint density at radius 1 is 1.43 bits per heavy atom. The standard InChI is InChI=1S/C15H24ClN3O2/c1-10(2)19(7-4-8-20)11(3)15(21)18-14-6-5-12(16)9-13(14)17/h5-6,9-11,20H,4,7-8,17H2,1-3H3,(H,18,21). The van der Waals surface area contributed by atoms with Crippen LogP contribution in [0.2, 0.25) is 5.02 Å². The number of aliphatic hydroxyl groups is 1. The van der Waals surface area contributed by atoms with Gasteiger partial charge in [0.15, 0.2) is 0 Å². The van der Waals surface area contributed by atoms with Gasteiger partial charge in [0.25, 0.3) is 0 Å². The summed E-state index contributed by atoms with van der Waals surface area (Å²) >= 11 is 5.84. The lowest BCUT2D eigenvalue weighted by atomic mass is 10.1. The Labute approximate surface area is 131 Å². The normalized spacial score (nSPS) is 12.7. The maximum Gasteiger partial charge on any atom is 0.241 e. The van der Waals surface area contributed by atoms with Crippen LogP contribution in [0.15, 0.2) is 18.2 Å². The van der Waals surface area contributed by atoms with Gasteiger partial charge in [-0.15, -0.1) is 0 Å². The molecule has 0 aliphatic heterocycles. The topological polar surface area (TPSA) is 78.6 Å². The van der Waals surface area contributed by atoms with Crippen LogP contribution < -0.4 is 11.1 Å². The summed E-state index contributed by atoms with van der Waals surface area (Å²) in [6.07, 6.45) is 0.638. The van der Waals surface area contributed by atoms with E-state index in [0.717, 1.165) is 0 Å². The number of amides is 1. The second-order valence-corrected chi connectivity index (χ2v) is 5.74. The Balaban J connectivity index is 2.76.